The maximum Gasteiger partial charge on any atom is 0.573 e. The van der Waals surface area contributed by atoms with Crippen molar-refractivity contribution >= 4 is 11.9 Å². The topological polar surface area (TPSA) is 85.8 Å². The molecule has 1 aromatic heterocycles. The number of amides is 1. The van der Waals surface area contributed by atoms with Crippen LogP contribution in [0.1, 0.15) is 36.2 Å². The smallest absolute Gasteiger partial charge is 0.491 e. The van der Waals surface area contributed by atoms with E-state index in [1.165, 1.54) is 24.5 Å². The molecule has 1 fully saturated rings. The number of hydrogen-bond donors (Lipinski definition) is 1. The van der Waals surface area contributed by atoms with Crippen LogP contribution >= 0.6 is 0 Å². The van der Waals surface area contributed by atoms with Gasteiger partial charge in [-0.05, 0) is 38.0 Å². The number of carbonyl (C=O) groups excluding carboxylic acids is 1. The summed E-state index contributed by atoms with van der Waals surface area (Å²) in [5, 5.41) is 2.91. The highest BCUT2D eigenvalue weighted by Crippen LogP contribution is 2.29. The normalized spacial score (nSPS) is 14.5. The lowest BCUT2D eigenvalue weighted by Crippen LogP contribution is -2.38. The number of aromatic nitrogens is 2. The van der Waals surface area contributed by atoms with Crippen molar-refractivity contribution in [2.24, 2.45) is 0 Å². The second-order valence-corrected chi connectivity index (χ2v) is 7.14. The van der Waals surface area contributed by atoms with Crippen molar-refractivity contribution in [3.63, 3.8) is 0 Å². The molecule has 2 heterocycles. The van der Waals surface area contributed by atoms with Crippen molar-refractivity contribution in [1.82, 2.24) is 14.9 Å². The van der Waals surface area contributed by atoms with Gasteiger partial charge in [-0.15, -0.1) is 13.2 Å². The van der Waals surface area contributed by atoms with E-state index >= 15 is 0 Å². The number of hydrogen-bond acceptors (Lipinski definition) is 7. The van der Waals surface area contributed by atoms with Gasteiger partial charge in [0.15, 0.2) is 0 Å². The molecule has 1 N–H and O–H groups in total. The fraction of sp³-hybridized carbons (Fsp3) is 0.450. The van der Waals surface area contributed by atoms with Crippen LogP contribution in [0.5, 0.6) is 11.5 Å². The molecule has 8 nitrogen and oxygen atoms in total. The summed E-state index contributed by atoms with van der Waals surface area (Å²) < 4.78 is 52.7. The van der Waals surface area contributed by atoms with Crippen molar-refractivity contribution in [3.8, 4) is 11.5 Å². The Morgan fingerprint density at radius 3 is 2.55 bits per heavy atom. The van der Waals surface area contributed by atoms with E-state index in [-0.39, 0.29) is 42.7 Å². The van der Waals surface area contributed by atoms with Gasteiger partial charge in [0, 0.05) is 31.5 Å². The molecule has 0 bridgehead atoms. The van der Waals surface area contributed by atoms with Gasteiger partial charge in [0.2, 0.25) is 5.95 Å². The van der Waals surface area contributed by atoms with Gasteiger partial charge in [-0.3, -0.25) is 4.79 Å². The first-order chi connectivity index (χ1) is 14.7. The molecular weight excluding hydrogens is 417 g/mol. The number of nitrogens with zero attached hydrogens (tertiary/aromatic N) is 3. The number of anilines is 1. The molecule has 1 aliphatic rings. The zero-order valence-corrected chi connectivity index (χ0v) is 17.1. The molecule has 0 radical (unpaired) electrons. The van der Waals surface area contributed by atoms with Crippen LogP contribution in [-0.2, 0) is 11.3 Å². The van der Waals surface area contributed by atoms with E-state index in [9.17, 15) is 18.0 Å². The van der Waals surface area contributed by atoms with Gasteiger partial charge in [0.25, 0.3) is 5.91 Å². The van der Waals surface area contributed by atoms with E-state index in [0.29, 0.717) is 24.3 Å². The SMILES string of the molecule is CC(C)Oc1cc(CNc2ncc(C(=O)N3CCCOC3)cn2)cc(OC(F)(F)F)c1. The summed E-state index contributed by atoms with van der Waals surface area (Å²) in [6.45, 7) is 5.12. The molecule has 168 valence electrons. The van der Waals surface area contributed by atoms with E-state index in [0.717, 1.165) is 6.42 Å². The predicted molar refractivity (Wildman–Crippen MR) is 105 cm³/mol. The van der Waals surface area contributed by atoms with Crippen LogP contribution in [0, 0.1) is 0 Å². The average molecular weight is 440 g/mol. The molecule has 0 unspecified atom stereocenters. The van der Waals surface area contributed by atoms with E-state index in [4.69, 9.17) is 9.47 Å². The Balaban J connectivity index is 1.66. The minimum Gasteiger partial charge on any atom is -0.491 e. The third-order valence-electron chi connectivity index (χ3n) is 4.15. The number of carbonyl (C=O) groups is 1. The summed E-state index contributed by atoms with van der Waals surface area (Å²) in [4.78, 5) is 22.2. The zero-order chi connectivity index (χ0) is 22.4. The average Bonchev–Trinajstić information content (AvgIpc) is 2.71. The first kappa shape index (κ1) is 22.6. The van der Waals surface area contributed by atoms with Gasteiger partial charge in [-0.1, -0.05) is 0 Å². The zero-order valence-electron chi connectivity index (χ0n) is 17.1. The Hall–Kier alpha value is -3.08. The third kappa shape index (κ3) is 6.99. The highest BCUT2D eigenvalue weighted by atomic mass is 19.4. The van der Waals surface area contributed by atoms with Crippen molar-refractivity contribution in [2.45, 2.75) is 39.3 Å². The summed E-state index contributed by atoms with van der Waals surface area (Å²) in [6, 6.07) is 4.03. The van der Waals surface area contributed by atoms with Gasteiger partial charge < -0.3 is 24.4 Å². The molecule has 1 aromatic carbocycles. The van der Waals surface area contributed by atoms with Crippen molar-refractivity contribution in [3.05, 3.63) is 41.7 Å². The Morgan fingerprint density at radius 1 is 1.23 bits per heavy atom. The van der Waals surface area contributed by atoms with Gasteiger partial charge >= 0.3 is 6.36 Å². The second kappa shape index (κ2) is 9.82. The molecule has 1 aliphatic heterocycles. The van der Waals surface area contributed by atoms with Crippen LogP contribution in [-0.4, -0.2) is 53.1 Å². The molecule has 0 aliphatic carbocycles. The maximum absolute atomic E-state index is 12.6. The number of ether oxygens (including phenoxy) is 3. The molecule has 31 heavy (non-hydrogen) atoms. The van der Waals surface area contributed by atoms with E-state index in [1.807, 2.05) is 0 Å². The number of nitrogens with one attached hydrogen (secondary N) is 1. The summed E-state index contributed by atoms with van der Waals surface area (Å²) >= 11 is 0. The summed E-state index contributed by atoms with van der Waals surface area (Å²) in [6.07, 6.45) is -1.48. The van der Waals surface area contributed by atoms with Crippen LogP contribution in [0.4, 0.5) is 19.1 Å². The first-order valence-electron chi connectivity index (χ1n) is 9.69. The Morgan fingerprint density at radius 2 is 1.94 bits per heavy atom. The molecule has 3 rings (SSSR count). The van der Waals surface area contributed by atoms with Gasteiger partial charge in [0.1, 0.15) is 18.2 Å². The standard InChI is InChI=1S/C20H23F3N4O4/c1-13(2)30-16-6-14(7-17(8-16)31-20(21,22)23)9-24-19-25-10-15(11-26-19)18(28)27-4-3-5-29-12-27/h6-8,10-11,13H,3-5,9,12H2,1-2H3,(H,24,25,26). The molecule has 1 saturated heterocycles. The maximum atomic E-state index is 12.6. The number of benzene rings is 1. The number of alkyl halides is 3. The van der Waals surface area contributed by atoms with Gasteiger partial charge in [-0.2, -0.15) is 0 Å². The van der Waals surface area contributed by atoms with Crippen molar-refractivity contribution < 1.29 is 32.2 Å². The van der Waals surface area contributed by atoms with E-state index in [1.54, 1.807) is 24.8 Å². The quantitative estimate of drug-likeness (QED) is 0.704. The van der Waals surface area contributed by atoms with Crippen molar-refractivity contribution in [1.29, 1.82) is 0 Å². The summed E-state index contributed by atoms with van der Waals surface area (Å²) in [7, 11) is 0. The van der Waals surface area contributed by atoms with Gasteiger partial charge in [0.05, 0.1) is 18.3 Å². The van der Waals surface area contributed by atoms with E-state index < -0.39 is 6.36 Å². The Bertz CT molecular complexity index is 885. The van der Waals surface area contributed by atoms with Gasteiger partial charge in [-0.25, -0.2) is 9.97 Å². The molecule has 11 heteroatoms. The Labute approximate surface area is 177 Å². The molecular formula is C20H23F3N4O4. The monoisotopic (exact) mass is 440 g/mol. The summed E-state index contributed by atoms with van der Waals surface area (Å²) in [5.74, 6) is -0.133. The minimum atomic E-state index is -4.81. The van der Waals surface area contributed by atoms with Crippen LogP contribution < -0.4 is 14.8 Å². The fourth-order valence-corrected chi connectivity index (χ4v) is 2.92. The largest absolute Gasteiger partial charge is 0.573 e. The minimum absolute atomic E-state index is 0.122. The number of halogens is 3. The Kier molecular flexibility index (Phi) is 7.16. The van der Waals surface area contributed by atoms with Crippen LogP contribution in [0.15, 0.2) is 30.6 Å². The third-order valence-corrected chi connectivity index (χ3v) is 4.15. The number of rotatable bonds is 7. The highest BCUT2D eigenvalue weighted by Gasteiger charge is 2.31. The lowest BCUT2D eigenvalue weighted by Gasteiger charge is -2.26. The van der Waals surface area contributed by atoms with Crippen LogP contribution in [0.3, 0.4) is 0 Å². The predicted octanol–water partition coefficient (Wildman–Crippen LogP) is 3.59. The lowest BCUT2D eigenvalue weighted by molar-refractivity contribution is -0.274. The van der Waals surface area contributed by atoms with Crippen molar-refractivity contribution in [2.75, 3.05) is 25.2 Å². The van der Waals surface area contributed by atoms with Crippen LogP contribution in [0.25, 0.3) is 0 Å². The molecule has 0 spiro atoms. The molecule has 0 atom stereocenters. The highest BCUT2D eigenvalue weighted by molar-refractivity contribution is 5.93. The van der Waals surface area contributed by atoms with E-state index in [2.05, 4.69) is 20.0 Å². The molecule has 0 saturated carbocycles. The second-order valence-electron chi connectivity index (χ2n) is 7.14. The first-order valence-corrected chi connectivity index (χ1v) is 9.69. The molecule has 1 amide bonds. The summed E-state index contributed by atoms with van der Waals surface area (Å²) in [5.41, 5.74) is 0.802. The molecule has 2 aromatic rings. The fourth-order valence-electron chi connectivity index (χ4n) is 2.92. The van der Waals surface area contributed by atoms with Crippen LogP contribution in [0.2, 0.25) is 0 Å². The lowest BCUT2D eigenvalue weighted by atomic mass is 10.2.